The first-order valence-electron chi connectivity index (χ1n) is 7.94. The summed E-state index contributed by atoms with van der Waals surface area (Å²) < 4.78 is 41.3. The maximum absolute atomic E-state index is 12.4. The fraction of sp³-hybridized carbons (Fsp3) is 0.938. The first kappa shape index (κ1) is 16.6. The van der Waals surface area contributed by atoms with Gasteiger partial charge in [0.1, 0.15) is 0 Å². The molecule has 0 radical (unpaired) electrons. The minimum atomic E-state index is -4.52. The second-order valence-corrected chi connectivity index (χ2v) is 6.93. The van der Waals surface area contributed by atoms with Crippen LogP contribution in [0.4, 0.5) is 13.2 Å². The van der Waals surface area contributed by atoms with E-state index in [0.717, 1.165) is 32.1 Å². The lowest BCUT2D eigenvalue weighted by atomic mass is 9.64. The Balaban J connectivity index is 1.89. The van der Waals surface area contributed by atoms with Gasteiger partial charge in [-0.25, -0.2) is 0 Å². The molecule has 2 nitrogen and oxygen atoms in total. The first-order chi connectivity index (χ1) is 9.80. The molecule has 0 aliphatic heterocycles. The van der Waals surface area contributed by atoms with Crippen molar-refractivity contribution >= 4 is 0 Å². The van der Waals surface area contributed by atoms with Crippen LogP contribution in [0.1, 0.15) is 52.4 Å². The number of hydrogen-bond acceptors (Lipinski definition) is 2. The highest BCUT2D eigenvalue weighted by atomic mass is 19.4. The molecule has 2 fully saturated rings. The van der Waals surface area contributed by atoms with Gasteiger partial charge in [-0.15, -0.1) is 13.2 Å². The lowest BCUT2D eigenvalue weighted by Crippen LogP contribution is -2.38. The van der Waals surface area contributed by atoms with E-state index < -0.39 is 12.5 Å². The van der Waals surface area contributed by atoms with Crippen molar-refractivity contribution < 1.29 is 17.9 Å². The first-order valence-corrected chi connectivity index (χ1v) is 7.94. The topological polar surface area (TPSA) is 33.0 Å². The standard InChI is InChI=1S/C16H24F3NO/c1-10-7-12(9-20)3-5-14(10)13-4-6-15(11(2)8-13)21-16(17,18)19/h10-15H,3-8H2,1-2H3. The quantitative estimate of drug-likeness (QED) is 0.726. The molecule has 2 rings (SSSR count). The molecule has 2 aliphatic carbocycles. The molecule has 6 atom stereocenters. The zero-order valence-electron chi connectivity index (χ0n) is 12.7. The predicted molar refractivity (Wildman–Crippen MR) is 73.0 cm³/mol. The van der Waals surface area contributed by atoms with Crippen molar-refractivity contribution in [2.45, 2.75) is 64.8 Å². The summed E-state index contributed by atoms with van der Waals surface area (Å²) in [5.74, 6) is 1.66. The highest BCUT2D eigenvalue weighted by molar-refractivity contribution is 4.93. The number of ether oxygens (including phenoxy) is 1. The Labute approximate surface area is 124 Å². The van der Waals surface area contributed by atoms with E-state index in [9.17, 15) is 13.2 Å². The summed E-state index contributed by atoms with van der Waals surface area (Å²) >= 11 is 0. The summed E-state index contributed by atoms with van der Waals surface area (Å²) in [6.45, 7) is 4.06. The number of alkyl halides is 3. The normalized spacial score (nSPS) is 41.5. The third-order valence-electron chi connectivity index (χ3n) is 5.44. The summed E-state index contributed by atoms with van der Waals surface area (Å²) in [7, 11) is 0. The molecule has 6 unspecified atom stereocenters. The Morgan fingerprint density at radius 3 is 2.24 bits per heavy atom. The van der Waals surface area contributed by atoms with Crippen molar-refractivity contribution in [1.29, 1.82) is 5.26 Å². The predicted octanol–water partition coefficient (Wildman–Crippen LogP) is 4.90. The SMILES string of the molecule is CC1CC(C2CCC(C#N)CC2C)CCC1OC(F)(F)F. The van der Waals surface area contributed by atoms with Crippen molar-refractivity contribution in [2.75, 3.05) is 0 Å². The van der Waals surface area contributed by atoms with Gasteiger partial charge >= 0.3 is 6.36 Å². The van der Waals surface area contributed by atoms with Crippen LogP contribution in [-0.2, 0) is 4.74 Å². The molecule has 21 heavy (non-hydrogen) atoms. The minimum absolute atomic E-state index is 0.0498. The van der Waals surface area contributed by atoms with Gasteiger partial charge in [0.05, 0.1) is 12.2 Å². The number of rotatable bonds is 2. The molecule has 2 aliphatic rings. The van der Waals surface area contributed by atoms with Gasteiger partial charge in [-0.2, -0.15) is 5.26 Å². The van der Waals surface area contributed by atoms with E-state index in [1.807, 2.05) is 6.92 Å². The molecule has 2 saturated carbocycles. The van der Waals surface area contributed by atoms with Gasteiger partial charge in [0.25, 0.3) is 0 Å². The largest absolute Gasteiger partial charge is 0.522 e. The van der Waals surface area contributed by atoms with Crippen LogP contribution >= 0.6 is 0 Å². The molecule has 5 heteroatoms. The van der Waals surface area contributed by atoms with Crippen LogP contribution < -0.4 is 0 Å². The summed E-state index contributed by atoms with van der Waals surface area (Å²) in [4.78, 5) is 0. The molecular weight excluding hydrogens is 279 g/mol. The molecular formula is C16H24F3NO. The lowest BCUT2D eigenvalue weighted by molar-refractivity contribution is -0.351. The lowest BCUT2D eigenvalue weighted by Gasteiger charge is -2.42. The van der Waals surface area contributed by atoms with Crippen LogP contribution in [0.5, 0.6) is 0 Å². The Kier molecular flexibility index (Phi) is 5.19. The van der Waals surface area contributed by atoms with E-state index in [4.69, 9.17) is 5.26 Å². The molecule has 0 aromatic carbocycles. The second-order valence-electron chi connectivity index (χ2n) is 6.93. The van der Waals surface area contributed by atoms with Crippen LogP contribution in [0.2, 0.25) is 0 Å². The van der Waals surface area contributed by atoms with Crippen LogP contribution in [0.3, 0.4) is 0 Å². The highest BCUT2D eigenvalue weighted by Gasteiger charge is 2.41. The van der Waals surface area contributed by atoms with Crippen molar-refractivity contribution in [3.8, 4) is 6.07 Å². The molecule has 0 aromatic rings. The fourth-order valence-electron chi connectivity index (χ4n) is 4.38. The fourth-order valence-corrected chi connectivity index (χ4v) is 4.38. The Bertz CT molecular complexity index is 390. The van der Waals surface area contributed by atoms with Crippen molar-refractivity contribution in [3.05, 3.63) is 0 Å². The molecule has 0 spiro atoms. The minimum Gasteiger partial charge on any atom is -0.288 e. The number of nitriles is 1. The highest BCUT2D eigenvalue weighted by Crippen LogP contribution is 2.45. The molecule has 0 aromatic heterocycles. The van der Waals surface area contributed by atoms with Crippen LogP contribution in [-0.4, -0.2) is 12.5 Å². The maximum atomic E-state index is 12.4. The Morgan fingerprint density at radius 1 is 1.00 bits per heavy atom. The monoisotopic (exact) mass is 303 g/mol. The third kappa shape index (κ3) is 4.35. The van der Waals surface area contributed by atoms with E-state index in [1.54, 1.807) is 0 Å². The van der Waals surface area contributed by atoms with Crippen molar-refractivity contribution in [3.63, 3.8) is 0 Å². The van der Waals surface area contributed by atoms with Crippen molar-refractivity contribution in [1.82, 2.24) is 0 Å². The molecule has 0 saturated heterocycles. The van der Waals surface area contributed by atoms with Gasteiger partial charge in [0.2, 0.25) is 0 Å². The molecule has 120 valence electrons. The summed E-state index contributed by atoms with van der Waals surface area (Å²) in [5.41, 5.74) is 0. The molecule has 0 amide bonds. The van der Waals surface area contributed by atoms with E-state index in [1.165, 1.54) is 0 Å². The maximum Gasteiger partial charge on any atom is 0.522 e. The van der Waals surface area contributed by atoms with E-state index >= 15 is 0 Å². The molecule has 0 N–H and O–H groups in total. The third-order valence-corrected chi connectivity index (χ3v) is 5.44. The van der Waals surface area contributed by atoms with Crippen LogP contribution in [0, 0.1) is 40.9 Å². The number of halogens is 3. The summed E-state index contributed by atoms with van der Waals surface area (Å²) in [5, 5.41) is 9.02. The van der Waals surface area contributed by atoms with Crippen molar-refractivity contribution in [2.24, 2.45) is 29.6 Å². The van der Waals surface area contributed by atoms with E-state index in [-0.39, 0.29) is 11.8 Å². The Morgan fingerprint density at radius 2 is 1.71 bits per heavy atom. The van der Waals surface area contributed by atoms with E-state index in [0.29, 0.717) is 24.2 Å². The summed E-state index contributed by atoms with van der Waals surface area (Å²) in [6, 6.07) is 2.35. The van der Waals surface area contributed by atoms with Gasteiger partial charge < -0.3 is 0 Å². The van der Waals surface area contributed by atoms with Gasteiger partial charge in [0.15, 0.2) is 0 Å². The average Bonchev–Trinajstić information content (AvgIpc) is 2.39. The van der Waals surface area contributed by atoms with Gasteiger partial charge in [-0.1, -0.05) is 13.8 Å². The van der Waals surface area contributed by atoms with Crippen LogP contribution in [0.15, 0.2) is 0 Å². The van der Waals surface area contributed by atoms with E-state index in [2.05, 4.69) is 17.7 Å². The van der Waals surface area contributed by atoms with Gasteiger partial charge in [-0.05, 0) is 62.2 Å². The van der Waals surface area contributed by atoms with Crippen LogP contribution in [0.25, 0.3) is 0 Å². The number of hydrogen-bond donors (Lipinski definition) is 0. The number of nitrogens with zero attached hydrogens (tertiary/aromatic N) is 1. The van der Waals surface area contributed by atoms with Gasteiger partial charge in [-0.3, -0.25) is 4.74 Å². The molecule has 0 bridgehead atoms. The molecule has 0 heterocycles. The smallest absolute Gasteiger partial charge is 0.288 e. The zero-order valence-corrected chi connectivity index (χ0v) is 12.7. The zero-order chi connectivity index (χ0) is 15.6. The summed E-state index contributed by atoms with van der Waals surface area (Å²) in [6.07, 6.45) is -0.161. The average molecular weight is 303 g/mol. The van der Waals surface area contributed by atoms with Gasteiger partial charge in [0, 0.05) is 5.92 Å². The Hall–Kier alpha value is -0.760. The second kappa shape index (κ2) is 6.56.